The highest BCUT2D eigenvalue weighted by Gasteiger charge is 2.28. The van der Waals surface area contributed by atoms with Gasteiger partial charge >= 0.3 is 0 Å². The molecule has 24 heavy (non-hydrogen) atoms. The molecule has 130 valence electrons. The second-order valence-corrected chi connectivity index (χ2v) is 7.20. The van der Waals surface area contributed by atoms with Crippen molar-refractivity contribution in [2.24, 2.45) is 7.05 Å². The minimum Gasteiger partial charge on any atom is -0.338 e. The minimum absolute atomic E-state index is 0.142. The summed E-state index contributed by atoms with van der Waals surface area (Å²) in [5.74, 6) is 0.142. The van der Waals surface area contributed by atoms with Gasteiger partial charge in [0, 0.05) is 56.4 Å². The van der Waals surface area contributed by atoms with Crippen LogP contribution in [0.15, 0.2) is 29.9 Å². The summed E-state index contributed by atoms with van der Waals surface area (Å²) in [7, 11) is 3.69. The van der Waals surface area contributed by atoms with Crippen LogP contribution in [0.4, 0.5) is 0 Å². The molecule has 1 atom stereocenters. The maximum absolute atomic E-state index is 12.8. The Kier molecular flexibility index (Phi) is 5.65. The highest BCUT2D eigenvalue weighted by atomic mass is 32.1. The second kappa shape index (κ2) is 7.92. The number of nitrogens with zero attached hydrogens (tertiary/aromatic N) is 4. The van der Waals surface area contributed by atoms with E-state index in [9.17, 15) is 4.79 Å². The zero-order chi connectivity index (χ0) is 16.9. The van der Waals surface area contributed by atoms with Crippen LogP contribution in [-0.2, 0) is 18.3 Å². The molecule has 3 rings (SSSR count). The summed E-state index contributed by atoms with van der Waals surface area (Å²) in [5.41, 5.74) is 0.921. The van der Waals surface area contributed by atoms with E-state index in [-0.39, 0.29) is 11.9 Å². The third kappa shape index (κ3) is 4.03. The maximum Gasteiger partial charge on any atom is 0.244 e. The summed E-state index contributed by atoms with van der Waals surface area (Å²) in [5, 5.41) is 9.43. The highest BCUT2D eigenvalue weighted by molar-refractivity contribution is 7.09. The summed E-state index contributed by atoms with van der Waals surface area (Å²) in [6, 6.07) is 3.99. The predicted molar refractivity (Wildman–Crippen MR) is 96.1 cm³/mol. The molecule has 1 unspecified atom stereocenters. The summed E-state index contributed by atoms with van der Waals surface area (Å²) in [6.45, 7) is 4.55. The first-order valence-corrected chi connectivity index (χ1v) is 9.24. The lowest BCUT2D eigenvalue weighted by Gasteiger charge is -2.36. The van der Waals surface area contributed by atoms with Gasteiger partial charge in [0.1, 0.15) is 6.04 Å². The average molecular weight is 347 g/mol. The molecule has 7 heteroatoms. The molecule has 0 aliphatic carbocycles. The van der Waals surface area contributed by atoms with E-state index in [1.807, 2.05) is 36.5 Å². The van der Waals surface area contributed by atoms with E-state index in [0.717, 1.165) is 44.7 Å². The summed E-state index contributed by atoms with van der Waals surface area (Å²) in [6.07, 6.45) is 4.76. The van der Waals surface area contributed by atoms with Crippen LogP contribution in [0.25, 0.3) is 0 Å². The van der Waals surface area contributed by atoms with Gasteiger partial charge in [0.2, 0.25) is 5.91 Å². The number of nitrogens with one attached hydrogen (secondary N) is 1. The van der Waals surface area contributed by atoms with Gasteiger partial charge < -0.3 is 10.2 Å². The fraction of sp³-hybridized carbons (Fsp3) is 0.529. The van der Waals surface area contributed by atoms with E-state index in [2.05, 4.69) is 32.8 Å². The molecule has 3 heterocycles. The maximum atomic E-state index is 12.8. The molecule has 1 N–H and O–H groups in total. The molecule has 0 radical (unpaired) electrons. The molecule has 2 aromatic heterocycles. The van der Waals surface area contributed by atoms with Crippen LogP contribution in [0.3, 0.4) is 0 Å². The van der Waals surface area contributed by atoms with Crippen LogP contribution in [-0.4, -0.2) is 65.3 Å². The standard InChI is InChI=1S/C17H25N5OS/c1-18-16(14-12-19-20(2)13-14)17(23)22-9-7-21(8-10-22)6-5-15-4-3-11-24-15/h3-4,11-13,16,18H,5-10H2,1-2H3. The highest BCUT2D eigenvalue weighted by Crippen LogP contribution is 2.17. The Labute approximate surface area is 147 Å². The van der Waals surface area contributed by atoms with Gasteiger partial charge in [0.25, 0.3) is 0 Å². The molecule has 2 aromatic rings. The molecule has 1 fully saturated rings. The number of hydrogen-bond donors (Lipinski definition) is 1. The number of carbonyl (C=O) groups excluding carboxylic acids is 1. The first-order chi connectivity index (χ1) is 11.7. The molecule has 1 amide bonds. The van der Waals surface area contributed by atoms with E-state index in [4.69, 9.17) is 0 Å². The molecule has 0 bridgehead atoms. The van der Waals surface area contributed by atoms with Crippen LogP contribution >= 0.6 is 11.3 Å². The number of likely N-dealkylation sites (N-methyl/N-ethyl adjacent to an activating group) is 1. The van der Waals surface area contributed by atoms with Crippen molar-refractivity contribution in [1.29, 1.82) is 0 Å². The van der Waals surface area contributed by atoms with Crippen LogP contribution in [0, 0.1) is 0 Å². The van der Waals surface area contributed by atoms with Gasteiger partial charge in [-0.1, -0.05) is 6.07 Å². The van der Waals surface area contributed by atoms with E-state index >= 15 is 0 Å². The number of aromatic nitrogens is 2. The van der Waals surface area contributed by atoms with Gasteiger partial charge in [-0.15, -0.1) is 11.3 Å². The molecule has 1 saturated heterocycles. The lowest BCUT2D eigenvalue weighted by molar-refractivity contribution is -0.135. The van der Waals surface area contributed by atoms with Crippen LogP contribution in [0.2, 0.25) is 0 Å². The van der Waals surface area contributed by atoms with E-state index in [1.54, 1.807) is 10.9 Å². The van der Waals surface area contributed by atoms with Gasteiger partial charge in [-0.05, 0) is 24.9 Å². The van der Waals surface area contributed by atoms with E-state index < -0.39 is 0 Å². The van der Waals surface area contributed by atoms with Crippen molar-refractivity contribution >= 4 is 17.2 Å². The topological polar surface area (TPSA) is 53.4 Å². The molecule has 6 nitrogen and oxygen atoms in total. The van der Waals surface area contributed by atoms with Gasteiger partial charge in [-0.3, -0.25) is 14.4 Å². The molecule has 1 aliphatic heterocycles. The lowest BCUT2D eigenvalue weighted by Crippen LogP contribution is -2.51. The fourth-order valence-electron chi connectivity index (χ4n) is 3.12. The lowest BCUT2D eigenvalue weighted by atomic mass is 10.1. The zero-order valence-corrected chi connectivity index (χ0v) is 15.1. The molecular weight excluding hydrogens is 322 g/mol. The van der Waals surface area contributed by atoms with Crippen LogP contribution in [0.5, 0.6) is 0 Å². The SMILES string of the molecule is CNC(C(=O)N1CCN(CCc2cccs2)CC1)c1cnn(C)c1. The number of amides is 1. The van der Waals surface area contributed by atoms with Gasteiger partial charge in [0.05, 0.1) is 6.20 Å². The number of aryl methyl sites for hydroxylation is 1. The average Bonchev–Trinajstić information content (AvgIpc) is 3.26. The normalized spacial score (nSPS) is 17.2. The molecular formula is C17H25N5OS. The third-order valence-electron chi connectivity index (χ3n) is 4.53. The number of piperazine rings is 1. The van der Waals surface area contributed by atoms with Gasteiger partial charge in [-0.25, -0.2) is 0 Å². The Morgan fingerprint density at radius 3 is 2.75 bits per heavy atom. The Bertz CT molecular complexity index is 646. The quantitative estimate of drug-likeness (QED) is 0.851. The molecule has 0 saturated carbocycles. The monoisotopic (exact) mass is 347 g/mol. The zero-order valence-electron chi connectivity index (χ0n) is 14.3. The Morgan fingerprint density at radius 1 is 1.38 bits per heavy atom. The van der Waals surface area contributed by atoms with Crippen molar-refractivity contribution in [3.63, 3.8) is 0 Å². The Hall–Kier alpha value is -1.70. The number of hydrogen-bond acceptors (Lipinski definition) is 5. The van der Waals surface area contributed by atoms with Crippen molar-refractivity contribution in [1.82, 2.24) is 24.9 Å². The van der Waals surface area contributed by atoms with Crippen molar-refractivity contribution in [3.05, 3.63) is 40.3 Å². The smallest absolute Gasteiger partial charge is 0.244 e. The number of thiophene rings is 1. The summed E-state index contributed by atoms with van der Waals surface area (Å²) >= 11 is 1.82. The van der Waals surface area contributed by atoms with Crippen LogP contribution in [0.1, 0.15) is 16.5 Å². The summed E-state index contributed by atoms with van der Waals surface area (Å²) < 4.78 is 1.73. The Balaban J connectivity index is 1.50. The largest absolute Gasteiger partial charge is 0.338 e. The molecule has 0 aromatic carbocycles. The molecule has 0 spiro atoms. The second-order valence-electron chi connectivity index (χ2n) is 6.17. The Morgan fingerprint density at radius 2 is 2.17 bits per heavy atom. The van der Waals surface area contributed by atoms with E-state index in [1.165, 1.54) is 4.88 Å². The molecule has 1 aliphatic rings. The van der Waals surface area contributed by atoms with Crippen molar-refractivity contribution in [2.45, 2.75) is 12.5 Å². The van der Waals surface area contributed by atoms with Crippen LogP contribution < -0.4 is 5.32 Å². The fourth-order valence-corrected chi connectivity index (χ4v) is 3.82. The van der Waals surface area contributed by atoms with Crippen molar-refractivity contribution in [3.8, 4) is 0 Å². The van der Waals surface area contributed by atoms with Gasteiger partial charge in [0.15, 0.2) is 0 Å². The van der Waals surface area contributed by atoms with Crippen molar-refractivity contribution < 1.29 is 4.79 Å². The van der Waals surface area contributed by atoms with Gasteiger partial charge in [-0.2, -0.15) is 5.10 Å². The minimum atomic E-state index is -0.309. The number of carbonyl (C=O) groups is 1. The predicted octanol–water partition coefficient (Wildman–Crippen LogP) is 1.13. The summed E-state index contributed by atoms with van der Waals surface area (Å²) in [4.78, 5) is 18.6. The first-order valence-electron chi connectivity index (χ1n) is 8.36. The number of rotatable bonds is 6. The third-order valence-corrected chi connectivity index (χ3v) is 5.47. The van der Waals surface area contributed by atoms with Crippen molar-refractivity contribution in [2.75, 3.05) is 39.8 Å². The first kappa shape index (κ1) is 17.1. The van der Waals surface area contributed by atoms with E-state index in [0.29, 0.717) is 0 Å².